The van der Waals surface area contributed by atoms with Gasteiger partial charge in [-0.05, 0) is 87.8 Å². The second-order valence-corrected chi connectivity index (χ2v) is 16.8. The first kappa shape index (κ1) is 37.6. The number of Topliss-reactive ketones (excluding diaryl/α,β-unsaturated/α-hetero) is 1. The molecule has 3 heterocycles. The van der Waals surface area contributed by atoms with E-state index in [4.69, 9.17) is 28.2 Å². The predicted molar refractivity (Wildman–Crippen MR) is 197 cm³/mol. The van der Waals surface area contributed by atoms with Gasteiger partial charge in [0.25, 0.3) is 0 Å². The number of rotatable bonds is 10. The molecule has 1 aliphatic carbocycles. The highest BCUT2D eigenvalue weighted by Gasteiger charge is 2.28. The summed E-state index contributed by atoms with van der Waals surface area (Å²) in [5.74, 6) is 2.82. The van der Waals surface area contributed by atoms with E-state index in [-0.39, 0.29) is 36.6 Å². The Hall–Kier alpha value is -4.15. The number of fused-ring (bicyclic) bond motifs is 2. The second kappa shape index (κ2) is 14.7. The van der Waals surface area contributed by atoms with E-state index in [1.165, 1.54) is 30.7 Å². The molecule has 0 bridgehead atoms. The lowest BCUT2D eigenvalue weighted by Gasteiger charge is -2.21. The minimum atomic E-state index is -3.48. The standard InChI is InChI=1S/C38H37Cl2F2N5O4S/c1-38(2,49)14-13-26-9-10-28(29-11-12-31(39)34-33(21-52(4,50)51)44-46(3)36(29)34)35(43-26)23(15-22-16-24(41)19-25(42)17-22)18-27(48)20-47-37(40)30-7-5-6-8-32(30)45-47/h9-12,16-17,19,23,49H,5-8,15,18,20-21H2,1-4H3/t23-/m1/s1. The molecule has 1 atom stereocenters. The van der Waals surface area contributed by atoms with Gasteiger partial charge in [-0.15, -0.1) is 0 Å². The molecule has 14 heteroatoms. The van der Waals surface area contributed by atoms with Crippen LogP contribution in [0.5, 0.6) is 0 Å². The van der Waals surface area contributed by atoms with Gasteiger partial charge in [0.15, 0.2) is 15.6 Å². The van der Waals surface area contributed by atoms with Crippen molar-refractivity contribution in [1.29, 1.82) is 0 Å². The number of hydrogen-bond donors (Lipinski definition) is 1. The molecule has 0 saturated carbocycles. The zero-order valence-electron chi connectivity index (χ0n) is 29.1. The zero-order chi connectivity index (χ0) is 37.5. The molecular weight excluding hydrogens is 731 g/mol. The summed E-state index contributed by atoms with van der Waals surface area (Å²) in [6, 6.07) is 10.1. The van der Waals surface area contributed by atoms with Gasteiger partial charge in [0.1, 0.15) is 34.6 Å². The number of nitrogens with zero attached hydrogens (tertiary/aromatic N) is 5. The minimum Gasteiger partial charge on any atom is -0.378 e. The van der Waals surface area contributed by atoms with E-state index in [0.717, 1.165) is 49.3 Å². The lowest BCUT2D eigenvalue weighted by molar-refractivity contribution is -0.120. The Kier molecular flexibility index (Phi) is 10.6. The maximum Gasteiger partial charge on any atom is 0.155 e. The lowest BCUT2D eigenvalue weighted by atomic mass is 9.86. The smallest absolute Gasteiger partial charge is 0.155 e. The normalized spacial score (nSPS) is 13.9. The molecule has 9 nitrogen and oxygen atoms in total. The highest BCUT2D eigenvalue weighted by atomic mass is 35.5. The lowest BCUT2D eigenvalue weighted by Crippen LogP contribution is -2.18. The van der Waals surface area contributed by atoms with Gasteiger partial charge in [0.2, 0.25) is 0 Å². The summed E-state index contributed by atoms with van der Waals surface area (Å²) in [5.41, 5.74) is 3.43. The molecule has 1 N–H and O–H groups in total. The molecular formula is C38H37Cl2F2N5O4S. The highest BCUT2D eigenvalue weighted by Crippen LogP contribution is 2.40. The van der Waals surface area contributed by atoms with Crippen molar-refractivity contribution in [3.8, 4) is 23.0 Å². The van der Waals surface area contributed by atoms with E-state index >= 15 is 0 Å². The molecule has 0 aliphatic heterocycles. The molecule has 0 fully saturated rings. The summed E-state index contributed by atoms with van der Waals surface area (Å²) >= 11 is 13.4. The van der Waals surface area contributed by atoms with Gasteiger partial charge in [-0.25, -0.2) is 26.9 Å². The number of ketones is 1. The van der Waals surface area contributed by atoms with Gasteiger partial charge in [0.05, 0.1) is 33.4 Å². The molecule has 1 aliphatic rings. The largest absolute Gasteiger partial charge is 0.378 e. The van der Waals surface area contributed by atoms with Crippen molar-refractivity contribution in [2.24, 2.45) is 7.05 Å². The van der Waals surface area contributed by atoms with Crippen LogP contribution in [-0.2, 0) is 53.2 Å². The molecule has 52 heavy (non-hydrogen) atoms. The Morgan fingerprint density at radius 2 is 1.73 bits per heavy atom. The first-order valence-corrected chi connectivity index (χ1v) is 19.6. The fraction of sp³-hybridized carbons (Fsp3) is 0.368. The van der Waals surface area contributed by atoms with E-state index in [1.54, 1.807) is 36.0 Å². The summed E-state index contributed by atoms with van der Waals surface area (Å²) in [6.07, 6.45) is 4.58. The Morgan fingerprint density at radius 3 is 2.40 bits per heavy atom. The van der Waals surface area contributed by atoms with Crippen molar-refractivity contribution < 1.29 is 27.1 Å². The van der Waals surface area contributed by atoms with Crippen LogP contribution < -0.4 is 0 Å². The van der Waals surface area contributed by atoms with Crippen molar-refractivity contribution in [1.82, 2.24) is 24.5 Å². The molecule has 6 rings (SSSR count). The van der Waals surface area contributed by atoms with Gasteiger partial charge >= 0.3 is 0 Å². The van der Waals surface area contributed by atoms with Crippen molar-refractivity contribution in [2.45, 2.75) is 76.2 Å². The Labute approximate surface area is 310 Å². The van der Waals surface area contributed by atoms with E-state index in [9.17, 15) is 27.1 Å². The fourth-order valence-corrected chi connectivity index (χ4v) is 8.04. The summed E-state index contributed by atoms with van der Waals surface area (Å²) in [4.78, 5) is 18.9. The zero-order valence-corrected chi connectivity index (χ0v) is 31.4. The first-order chi connectivity index (χ1) is 24.5. The van der Waals surface area contributed by atoms with Crippen LogP contribution in [-0.4, -0.2) is 55.7 Å². The number of benzene rings is 2. The van der Waals surface area contributed by atoms with E-state index in [1.807, 2.05) is 0 Å². The molecule has 5 aromatic rings. The Balaban J connectivity index is 1.52. The van der Waals surface area contributed by atoms with Crippen molar-refractivity contribution >= 4 is 49.7 Å². The Morgan fingerprint density at radius 1 is 1.04 bits per heavy atom. The number of aryl methyl sites for hydroxylation is 2. The molecule has 272 valence electrons. The topological polar surface area (TPSA) is 120 Å². The van der Waals surface area contributed by atoms with Crippen molar-refractivity contribution in [3.05, 3.63) is 98.2 Å². The van der Waals surface area contributed by atoms with Crippen LogP contribution in [0, 0.1) is 23.5 Å². The van der Waals surface area contributed by atoms with E-state index < -0.39 is 33.0 Å². The third-order valence-corrected chi connectivity index (χ3v) is 10.4. The number of sulfone groups is 1. The van der Waals surface area contributed by atoms with Gasteiger partial charge in [-0.1, -0.05) is 35.2 Å². The molecule has 0 saturated heterocycles. The number of halogens is 4. The quantitative estimate of drug-likeness (QED) is 0.153. The van der Waals surface area contributed by atoms with Crippen LogP contribution >= 0.6 is 23.2 Å². The number of pyridine rings is 1. The van der Waals surface area contributed by atoms with E-state index in [0.29, 0.717) is 49.2 Å². The number of aromatic nitrogens is 5. The van der Waals surface area contributed by atoms with Crippen LogP contribution in [0.4, 0.5) is 8.78 Å². The molecule has 2 aromatic carbocycles. The first-order valence-electron chi connectivity index (χ1n) is 16.7. The van der Waals surface area contributed by atoms with Crippen LogP contribution in [0.3, 0.4) is 0 Å². The summed E-state index contributed by atoms with van der Waals surface area (Å²) in [6.45, 7) is 2.96. The molecule has 3 aromatic heterocycles. The average molecular weight is 769 g/mol. The third-order valence-electron chi connectivity index (χ3n) is 8.87. The summed E-state index contributed by atoms with van der Waals surface area (Å²) < 4.78 is 56.8. The number of carbonyl (C=O) groups is 1. The van der Waals surface area contributed by atoms with Crippen LogP contribution in [0.2, 0.25) is 10.2 Å². The molecule has 0 radical (unpaired) electrons. The average Bonchev–Trinajstić information content (AvgIpc) is 3.53. The Bertz CT molecular complexity index is 2370. The number of aliphatic hydroxyl groups is 1. The van der Waals surface area contributed by atoms with Gasteiger partial charge in [-0.3, -0.25) is 9.48 Å². The maximum absolute atomic E-state index is 14.5. The summed E-state index contributed by atoms with van der Waals surface area (Å²) in [7, 11) is -1.80. The number of hydrogen-bond acceptors (Lipinski definition) is 7. The van der Waals surface area contributed by atoms with Crippen LogP contribution in [0.1, 0.15) is 72.9 Å². The molecule has 0 unspecified atom stereocenters. The van der Waals surface area contributed by atoms with E-state index in [2.05, 4.69) is 22.0 Å². The highest BCUT2D eigenvalue weighted by molar-refractivity contribution is 7.89. The van der Waals surface area contributed by atoms with Gasteiger partial charge in [0, 0.05) is 53.8 Å². The van der Waals surface area contributed by atoms with Gasteiger partial charge in [-0.2, -0.15) is 10.2 Å². The monoisotopic (exact) mass is 767 g/mol. The number of carbonyl (C=O) groups excluding carboxylic acids is 1. The van der Waals surface area contributed by atoms with Crippen molar-refractivity contribution in [2.75, 3.05) is 6.26 Å². The molecule has 0 amide bonds. The minimum absolute atomic E-state index is 0.0214. The van der Waals surface area contributed by atoms with Crippen LogP contribution in [0.15, 0.2) is 42.5 Å². The SMILES string of the molecule is Cn1nc(CS(C)(=O)=O)c2c(Cl)ccc(-c3ccc(C#CC(C)(C)O)nc3[C@@H](CC(=O)Cn3nc4c(c3Cl)CCCC4)Cc3cc(F)cc(F)c3)c21. The van der Waals surface area contributed by atoms with Crippen LogP contribution in [0.25, 0.3) is 22.0 Å². The maximum atomic E-state index is 14.5. The summed E-state index contributed by atoms with van der Waals surface area (Å²) in [5, 5.41) is 20.6. The van der Waals surface area contributed by atoms with Crippen molar-refractivity contribution in [3.63, 3.8) is 0 Å². The third kappa shape index (κ3) is 8.55. The van der Waals surface area contributed by atoms with Gasteiger partial charge < -0.3 is 5.11 Å². The predicted octanol–water partition coefficient (Wildman–Crippen LogP) is 6.95. The fourth-order valence-electron chi connectivity index (χ4n) is 6.78. The molecule has 0 spiro atoms. The second-order valence-electron chi connectivity index (χ2n) is 13.9.